The van der Waals surface area contributed by atoms with Gasteiger partial charge >= 0.3 is 0 Å². The molecule has 1 aromatic heterocycles. The van der Waals surface area contributed by atoms with Crippen molar-refractivity contribution in [2.24, 2.45) is 0 Å². The highest BCUT2D eigenvalue weighted by atomic mass is 16.3. The minimum Gasteiger partial charge on any atom is -0.466 e. The number of furan rings is 1. The predicted molar refractivity (Wildman–Crippen MR) is 72.8 cm³/mol. The average Bonchev–Trinajstić information content (AvgIpc) is 2.62. The van der Waals surface area contributed by atoms with Crippen molar-refractivity contribution in [2.75, 3.05) is 0 Å². The molecule has 0 spiro atoms. The molecule has 0 aliphatic heterocycles. The number of benzene rings is 1. The zero-order valence-electron chi connectivity index (χ0n) is 11.4. The van der Waals surface area contributed by atoms with Crippen molar-refractivity contribution in [3.05, 3.63) is 58.0 Å². The second-order valence-corrected chi connectivity index (χ2v) is 4.75. The summed E-state index contributed by atoms with van der Waals surface area (Å²) < 4.78 is 5.58. The van der Waals surface area contributed by atoms with Gasteiger partial charge in [0.2, 0.25) is 0 Å². The number of hydrogen-bond acceptors (Lipinski definition) is 2. The molecule has 0 radical (unpaired) electrons. The van der Waals surface area contributed by atoms with E-state index in [-0.39, 0.29) is 0 Å². The summed E-state index contributed by atoms with van der Waals surface area (Å²) in [6.45, 7) is 7.95. The van der Waals surface area contributed by atoms with Crippen molar-refractivity contribution < 1.29 is 9.52 Å². The third-order valence-corrected chi connectivity index (χ3v) is 3.57. The van der Waals surface area contributed by atoms with E-state index in [2.05, 4.69) is 19.1 Å². The zero-order chi connectivity index (χ0) is 13.3. The van der Waals surface area contributed by atoms with E-state index < -0.39 is 6.10 Å². The van der Waals surface area contributed by atoms with Crippen LogP contribution in [0.4, 0.5) is 0 Å². The quantitative estimate of drug-likeness (QED) is 0.889. The first-order valence-corrected chi connectivity index (χ1v) is 6.38. The van der Waals surface area contributed by atoms with E-state index in [1.165, 1.54) is 5.56 Å². The first-order chi connectivity index (χ1) is 8.54. The SMILES string of the molecule is CCc1cccc(C(O)c2c(C)oc(C)c2C)c1. The molecule has 2 heteroatoms. The van der Waals surface area contributed by atoms with Crippen molar-refractivity contribution in [1.82, 2.24) is 0 Å². The van der Waals surface area contributed by atoms with Crippen molar-refractivity contribution in [1.29, 1.82) is 0 Å². The Bertz CT molecular complexity index is 552. The molecule has 1 unspecified atom stereocenters. The standard InChI is InChI=1S/C16H20O2/c1-5-13-7-6-8-14(9-13)16(17)15-10(2)11(3)18-12(15)4/h6-9,16-17H,5H2,1-4H3. The van der Waals surface area contributed by atoms with Crippen LogP contribution in [-0.2, 0) is 6.42 Å². The lowest BCUT2D eigenvalue weighted by atomic mass is 9.96. The molecule has 0 fully saturated rings. The fraction of sp³-hybridized carbons (Fsp3) is 0.375. The lowest BCUT2D eigenvalue weighted by molar-refractivity contribution is 0.217. The van der Waals surface area contributed by atoms with E-state index in [9.17, 15) is 5.11 Å². The molecule has 1 N–H and O–H groups in total. The maximum absolute atomic E-state index is 10.5. The van der Waals surface area contributed by atoms with Gasteiger partial charge in [-0.1, -0.05) is 31.2 Å². The molecule has 0 bridgehead atoms. The second kappa shape index (κ2) is 4.99. The van der Waals surface area contributed by atoms with Crippen LogP contribution in [0.2, 0.25) is 0 Å². The largest absolute Gasteiger partial charge is 0.466 e. The van der Waals surface area contributed by atoms with Gasteiger partial charge in [0.25, 0.3) is 0 Å². The Labute approximate surface area is 108 Å². The van der Waals surface area contributed by atoms with Crippen LogP contribution in [0.5, 0.6) is 0 Å². The Hall–Kier alpha value is -1.54. The Morgan fingerprint density at radius 1 is 1.17 bits per heavy atom. The summed E-state index contributed by atoms with van der Waals surface area (Å²) in [5.41, 5.74) is 4.12. The molecule has 1 heterocycles. The molecular weight excluding hydrogens is 224 g/mol. The smallest absolute Gasteiger partial charge is 0.108 e. The van der Waals surface area contributed by atoms with E-state index >= 15 is 0 Å². The number of rotatable bonds is 3. The Morgan fingerprint density at radius 3 is 2.44 bits per heavy atom. The summed E-state index contributed by atoms with van der Waals surface area (Å²) in [5.74, 6) is 1.69. The maximum atomic E-state index is 10.5. The van der Waals surface area contributed by atoms with Gasteiger partial charge in [-0.05, 0) is 43.9 Å². The molecule has 1 aromatic carbocycles. The third-order valence-electron chi connectivity index (χ3n) is 3.57. The van der Waals surface area contributed by atoms with Crippen molar-refractivity contribution >= 4 is 0 Å². The molecule has 2 aromatic rings. The predicted octanol–water partition coefficient (Wildman–Crippen LogP) is 3.85. The lowest BCUT2D eigenvalue weighted by Gasteiger charge is -2.12. The topological polar surface area (TPSA) is 33.4 Å². The van der Waals surface area contributed by atoms with Gasteiger partial charge in [0, 0.05) is 5.56 Å². The summed E-state index contributed by atoms with van der Waals surface area (Å²) in [6.07, 6.45) is 0.372. The third kappa shape index (κ3) is 2.21. The lowest BCUT2D eigenvalue weighted by Crippen LogP contribution is -2.02. The minimum absolute atomic E-state index is 0.603. The second-order valence-electron chi connectivity index (χ2n) is 4.75. The average molecular weight is 244 g/mol. The molecule has 1 atom stereocenters. The van der Waals surface area contributed by atoms with E-state index in [0.717, 1.165) is 34.6 Å². The van der Waals surface area contributed by atoms with Crippen molar-refractivity contribution in [3.63, 3.8) is 0 Å². The highest BCUT2D eigenvalue weighted by Crippen LogP contribution is 2.31. The van der Waals surface area contributed by atoms with E-state index in [1.807, 2.05) is 32.9 Å². The van der Waals surface area contributed by atoms with E-state index in [4.69, 9.17) is 4.42 Å². The summed E-state index contributed by atoms with van der Waals surface area (Å²) >= 11 is 0. The number of hydrogen-bond donors (Lipinski definition) is 1. The molecule has 96 valence electrons. The first kappa shape index (κ1) is 12.9. The van der Waals surface area contributed by atoms with Crippen LogP contribution in [0.3, 0.4) is 0 Å². The summed E-state index contributed by atoms with van der Waals surface area (Å²) in [6, 6.07) is 8.10. The maximum Gasteiger partial charge on any atom is 0.108 e. The fourth-order valence-electron chi connectivity index (χ4n) is 2.36. The van der Waals surface area contributed by atoms with Crippen LogP contribution in [0.1, 0.15) is 46.8 Å². The van der Waals surface area contributed by atoms with Gasteiger partial charge in [-0.25, -0.2) is 0 Å². The summed E-state index contributed by atoms with van der Waals surface area (Å²) in [7, 11) is 0. The molecule has 0 amide bonds. The number of aliphatic hydroxyl groups excluding tert-OH is 1. The van der Waals surface area contributed by atoms with Crippen LogP contribution in [0, 0.1) is 20.8 Å². The molecule has 0 saturated carbocycles. The molecular formula is C16H20O2. The molecule has 18 heavy (non-hydrogen) atoms. The van der Waals surface area contributed by atoms with Crippen LogP contribution >= 0.6 is 0 Å². The molecule has 0 saturated heterocycles. The van der Waals surface area contributed by atoms with Crippen LogP contribution in [0.15, 0.2) is 28.7 Å². The molecule has 2 rings (SSSR count). The van der Waals surface area contributed by atoms with Crippen LogP contribution in [0.25, 0.3) is 0 Å². The normalized spacial score (nSPS) is 12.7. The van der Waals surface area contributed by atoms with E-state index in [1.54, 1.807) is 0 Å². The van der Waals surface area contributed by atoms with Crippen LogP contribution < -0.4 is 0 Å². The van der Waals surface area contributed by atoms with Crippen LogP contribution in [-0.4, -0.2) is 5.11 Å². The zero-order valence-corrected chi connectivity index (χ0v) is 11.4. The van der Waals surface area contributed by atoms with Gasteiger partial charge in [-0.3, -0.25) is 0 Å². The Morgan fingerprint density at radius 2 is 1.89 bits per heavy atom. The molecule has 2 nitrogen and oxygen atoms in total. The van der Waals surface area contributed by atoms with Crippen molar-refractivity contribution in [2.45, 2.75) is 40.2 Å². The van der Waals surface area contributed by atoms with Gasteiger partial charge < -0.3 is 9.52 Å². The Kier molecular flexibility index (Phi) is 3.58. The van der Waals surface area contributed by atoms with Crippen molar-refractivity contribution in [3.8, 4) is 0 Å². The van der Waals surface area contributed by atoms with Gasteiger partial charge in [-0.2, -0.15) is 0 Å². The number of aliphatic hydroxyl groups is 1. The fourth-order valence-corrected chi connectivity index (χ4v) is 2.36. The van der Waals surface area contributed by atoms with Gasteiger partial charge in [0.1, 0.15) is 17.6 Å². The summed E-state index contributed by atoms with van der Waals surface area (Å²) in [4.78, 5) is 0. The number of aryl methyl sites for hydroxylation is 3. The monoisotopic (exact) mass is 244 g/mol. The van der Waals surface area contributed by atoms with Gasteiger partial charge in [-0.15, -0.1) is 0 Å². The molecule has 0 aliphatic carbocycles. The minimum atomic E-state index is -0.603. The first-order valence-electron chi connectivity index (χ1n) is 6.38. The highest BCUT2D eigenvalue weighted by molar-refractivity contribution is 5.40. The summed E-state index contributed by atoms with van der Waals surface area (Å²) in [5, 5.41) is 10.5. The molecule has 0 aliphatic rings. The van der Waals surface area contributed by atoms with Gasteiger partial charge in [0.15, 0.2) is 0 Å². The highest BCUT2D eigenvalue weighted by Gasteiger charge is 2.20. The Balaban J connectivity index is 2.44. The van der Waals surface area contributed by atoms with E-state index in [0.29, 0.717) is 0 Å². The van der Waals surface area contributed by atoms with Gasteiger partial charge in [0.05, 0.1) is 0 Å².